The SMILES string of the molecule is CN(CC1CCCC1)C(=O)c1cccc([N+](=O)[O-])c1O. The normalized spacial score (nSPS) is 15.2. The fourth-order valence-electron chi connectivity index (χ4n) is 2.72. The number of hydrogen-bond acceptors (Lipinski definition) is 4. The van der Waals surface area contributed by atoms with E-state index in [9.17, 15) is 20.0 Å². The number of hydrogen-bond donors (Lipinski definition) is 1. The predicted octanol–water partition coefficient (Wildman–Crippen LogP) is 2.56. The fraction of sp³-hybridized carbons (Fsp3) is 0.500. The topological polar surface area (TPSA) is 83.7 Å². The van der Waals surface area contributed by atoms with Crippen molar-refractivity contribution in [3.05, 3.63) is 33.9 Å². The van der Waals surface area contributed by atoms with Crippen LogP contribution in [0.15, 0.2) is 18.2 Å². The summed E-state index contributed by atoms with van der Waals surface area (Å²) in [6.45, 7) is 0.626. The Morgan fingerprint density at radius 3 is 2.70 bits per heavy atom. The zero-order valence-corrected chi connectivity index (χ0v) is 11.4. The first kappa shape index (κ1) is 14.3. The molecule has 0 radical (unpaired) electrons. The van der Waals surface area contributed by atoms with Gasteiger partial charge in [-0.1, -0.05) is 18.9 Å². The maximum atomic E-state index is 12.3. The molecule has 2 rings (SSSR count). The number of aromatic hydroxyl groups is 1. The van der Waals surface area contributed by atoms with E-state index < -0.39 is 16.4 Å². The summed E-state index contributed by atoms with van der Waals surface area (Å²) in [6, 6.07) is 4.01. The number of carbonyl (C=O) groups is 1. The zero-order chi connectivity index (χ0) is 14.7. The van der Waals surface area contributed by atoms with Crippen molar-refractivity contribution in [2.75, 3.05) is 13.6 Å². The Kier molecular flexibility index (Phi) is 4.22. The van der Waals surface area contributed by atoms with E-state index in [-0.39, 0.29) is 11.5 Å². The molecule has 0 aromatic heterocycles. The maximum Gasteiger partial charge on any atom is 0.311 e. The van der Waals surface area contributed by atoms with Gasteiger partial charge in [0.15, 0.2) is 0 Å². The number of phenols is 1. The number of rotatable bonds is 4. The van der Waals surface area contributed by atoms with Crippen LogP contribution in [-0.4, -0.2) is 34.4 Å². The number of para-hydroxylation sites is 1. The van der Waals surface area contributed by atoms with E-state index in [0.717, 1.165) is 12.8 Å². The molecule has 20 heavy (non-hydrogen) atoms. The molecule has 6 heteroatoms. The summed E-state index contributed by atoms with van der Waals surface area (Å²) in [5.41, 5.74) is -0.454. The molecule has 1 aliphatic carbocycles. The first-order valence-corrected chi connectivity index (χ1v) is 6.72. The summed E-state index contributed by atoms with van der Waals surface area (Å²) in [4.78, 5) is 23.9. The number of nitrogens with zero attached hydrogens (tertiary/aromatic N) is 2. The summed E-state index contributed by atoms with van der Waals surface area (Å²) in [7, 11) is 1.67. The molecule has 0 heterocycles. The molecule has 1 aromatic rings. The van der Waals surface area contributed by atoms with Crippen LogP contribution < -0.4 is 0 Å². The molecule has 0 bridgehead atoms. The van der Waals surface area contributed by atoms with Crippen LogP contribution in [0, 0.1) is 16.0 Å². The highest BCUT2D eigenvalue weighted by Gasteiger charge is 2.25. The molecule has 1 aromatic carbocycles. The number of carbonyl (C=O) groups excluding carboxylic acids is 1. The molecule has 0 atom stereocenters. The van der Waals surface area contributed by atoms with E-state index in [2.05, 4.69) is 0 Å². The molecule has 0 spiro atoms. The van der Waals surface area contributed by atoms with E-state index in [0.29, 0.717) is 12.5 Å². The Labute approximate surface area is 117 Å². The Morgan fingerprint density at radius 1 is 1.45 bits per heavy atom. The standard InChI is InChI=1S/C14H18N2O4/c1-15(9-10-5-2-3-6-10)14(18)11-7-4-8-12(13(11)17)16(19)20/h4,7-8,10,17H,2-3,5-6,9H2,1H3. The van der Waals surface area contributed by atoms with Crippen LogP contribution >= 0.6 is 0 Å². The van der Waals surface area contributed by atoms with Gasteiger partial charge in [0.25, 0.3) is 5.91 Å². The largest absolute Gasteiger partial charge is 0.502 e. The molecule has 1 saturated carbocycles. The smallest absolute Gasteiger partial charge is 0.311 e. The minimum atomic E-state index is -0.691. The van der Waals surface area contributed by atoms with Crippen LogP contribution in [0.1, 0.15) is 36.0 Å². The quantitative estimate of drug-likeness (QED) is 0.677. The van der Waals surface area contributed by atoms with Gasteiger partial charge < -0.3 is 10.0 Å². The van der Waals surface area contributed by atoms with Gasteiger partial charge in [-0.25, -0.2) is 0 Å². The van der Waals surface area contributed by atoms with Crippen LogP contribution in [0.5, 0.6) is 5.75 Å². The average molecular weight is 278 g/mol. The maximum absolute atomic E-state index is 12.3. The lowest BCUT2D eigenvalue weighted by Gasteiger charge is -2.21. The van der Waals surface area contributed by atoms with Crippen molar-refractivity contribution in [2.24, 2.45) is 5.92 Å². The number of benzene rings is 1. The molecular weight excluding hydrogens is 260 g/mol. The Morgan fingerprint density at radius 2 is 2.10 bits per heavy atom. The van der Waals surface area contributed by atoms with Gasteiger partial charge in [0.2, 0.25) is 5.75 Å². The Hall–Kier alpha value is -2.11. The van der Waals surface area contributed by atoms with Crippen LogP contribution in [-0.2, 0) is 0 Å². The molecule has 1 fully saturated rings. The zero-order valence-electron chi connectivity index (χ0n) is 11.4. The van der Waals surface area contributed by atoms with Gasteiger partial charge in [0.1, 0.15) is 0 Å². The molecule has 1 aliphatic rings. The molecule has 0 saturated heterocycles. The average Bonchev–Trinajstić information content (AvgIpc) is 2.90. The lowest BCUT2D eigenvalue weighted by molar-refractivity contribution is -0.385. The van der Waals surface area contributed by atoms with Crippen molar-refractivity contribution in [3.63, 3.8) is 0 Å². The Bertz CT molecular complexity index is 524. The van der Waals surface area contributed by atoms with Gasteiger partial charge in [-0.2, -0.15) is 0 Å². The monoisotopic (exact) mass is 278 g/mol. The third-order valence-electron chi connectivity index (χ3n) is 3.80. The highest BCUT2D eigenvalue weighted by atomic mass is 16.6. The van der Waals surface area contributed by atoms with Gasteiger partial charge in [-0.05, 0) is 24.8 Å². The summed E-state index contributed by atoms with van der Waals surface area (Å²) in [5, 5.41) is 20.6. The van der Waals surface area contributed by atoms with E-state index >= 15 is 0 Å². The van der Waals surface area contributed by atoms with Crippen molar-refractivity contribution in [2.45, 2.75) is 25.7 Å². The van der Waals surface area contributed by atoms with Crippen molar-refractivity contribution in [1.29, 1.82) is 0 Å². The number of nitro benzene ring substituents is 1. The molecule has 1 N–H and O–H groups in total. The summed E-state index contributed by atoms with van der Waals surface area (Å²) in [5.74, 6) is -0.441. The molecule has 0 unspecified atom stereocenters. The van der Waals surface area contributed by atoms with Gasteiger partial charge in [0, 0.05) is 19.7 Å². The van der Waals surface area contributed by atoms with Gasteiger partial charge >= 0.3 is 5.69 Å². The van der Waals surface area contributed by atoms with Crippen LogP contribution in [0.3, 0.4) is 0 Å². The van der Waals surface area contributed by atoms with Crippen LogP contribution in [0.4, 0.5) is 5.69 Å². The lowest BCUT2D eigenvalue weighted by Crippen LogP contribution is -2.31. The lowest BCUT2D eigenvalue weighted by atomic mass is 10.1. The van der Waals surface area contributed by atoms with Crippen LogP contribution in [0.2, 0.25) is 0 Å². The Balaban J connectivity index is 2.15. The van der Waals surface area contributed by atoms with Crippen molar-refractivity contribution >= 4 is 11.6 Å². The first-order valence-electron chi connectivity index (χ1n) is 6.72. The third kappa shape index (κ3) is 2.89. The summed E-state index contributed by atoms with van der Waals surface area (Å²) < 4.78 is 0. The fourth-order valence-corrected chi connectivity index (χ4v) is 2.72. The minimum absolute atomic E-state index is 0.0142. The van der Waals surface area contributed by atoms with Crippen LogP contribution in [0.25, 0.3) is 0 Å². The highest BCUT2D eigenvalue weighted by Crippen LogP contribution is 2.31. The summed E-state index contributed by atoms with van der Waals surface area (Å²) >= 11 is 0. The number of nitro groups is 1. The number of amides is 1. The van der Waals surface area contributed by atoms with E-state index in [4.69, 9.17) is 0 Å². The first-order chi connectivity index (χ1) is 9.50. The second-order valence-corrected chi connectivity index (χ2v) is 5.27. The van der Waals surface area contributed by atoms with E-state index in [1.54, 1.807) is 7.05 Å². The molecular formula is C14H18N2O4. The second-order valence-electron chi connectivity index (χ2n) is 5.27. The van der Waals surface area contributed by atoms with Gasteiger partial charge in [-0.15, -0.1) is 0 Å². The van der Waals surface area contributed by atoms with Crippen molar-refractivity contribution in [1.82, 2.24) is 4.90 Å². The van der Waals surface area contributed by atoms with Crippen molar-refractivity contribution < 1.29 is 14.8 Å². The second kappa shape index (κ2) is 5.90. The third-order valence-corrected chi connectivity index (χ3v) is 3.80. The molecule has 0 aliphatic heterocycles. The highest BCUT2D eigenvalue weighted by molar-refractivity contribution is 5.97. The van der Waals surface area contributed by atoms with E-state index in [1.165, 1.54) is 35.9 Å². The minimum Gasteiger partial charge on any atom is -0.502 e. The van der Waals surface area contributed by atoms with Gasteiger partial charge in [0.05, 0.1) is 10.5 Å². The predicted molar refractivity (Wildman–Crippen MR) is 73.7 cm³/mol. The molecule has 108 valence electrons. The number of phenolic OH excluding ortho intramolecular Hbond substituents is 1. The summed E-state index contributed by atoms with van der Waals surface area (Å²) in [6.07, 6.45) is 4.60. The molecule has 6 nitrogen and oxygen atoms in total. The van der Waals surface area contributed by atoms with E-state index in [1.807, 2.05) is 0 Å². The van der Waals surface area contributed by atoms with Gasteiger partial charge in [-0.3, -0.25) is 14.9 Å². The van der Waals surface area contributed by atoms with Crippen molar-refractivity contribution in [3.8, 4) is 5.75 Å². The molecule has 1 amide bonds.